The van der Waals surface area contributed by atoms with Crippen molar-refractivity contribution < 1.29 is 31.1 Å². The standard InChI is InChI=1S/C11H10ClF6NO/c12-8-2-1-7(11(16,17)18)5-9(8)19-3-4-20-6-10(13,14)15/h1-2,5,19H,3-4,6H2. The van der Waals surface area contributed by atoms with E-state index in [-0.39, 0.29) is 23.9 Å². The average molecular weight is 322 g/mol. The fourth-order valence-electron chi connectivity index (χ4n) is 1.28. The minimum absolute atomic E-state index is 0.0166. The van der Waals surface area contributed by atoms with Gasteiger partial charge in [-0.3, -0.25) is 0 Å². The second kappa shape index (κ2) is 6.53. The zero-order chi connectivity index (χ0) is 15.4. The first-order valence-electron chi connectivity index (χ1n) is 5.35. The molecule has 0 aliphatic carbocycles. The summed E-state index contributed by atoms with van der Waals surface area (Å²) in [5.74, 6) is 0. The van der Waals surface area contributed by atoms with Gasteiger partial charge in [0.15, 0.2) is 0 Å². The molecule has 0 bridgehead atoms. The first kappa shape index (κ1) is 16.9. The maximum Gasteiger partial charge on any atom is 0.416 e. The number of ether oxygens (including phenoxy) is 1. The smallest absolute Gasteiger partial charge is 0.382 e. The highest BCUT2D eigenvalue weighted by Gasteiger charge is 2.31. The van der Waals surface area contributed by atoms with Gasteiger partial charge in [0.2, 0.25) is 0 Å². The first-order chi connectivity index (χ1) is 9.09. The topological polar surface area (TPSA) is 21.3 Å². The summed E-state index contributed by atoms with van der Waals surface area (Å²) in [4.78, 5) is 0. The molecule has 0 saturated heterocycles. The van der Waals surface area contributed by atoms with Crippen LogP contribution in [0.1, 0.15) is 5.56 Å². The normalized spacial score (nSPS) is 12.6. The summed E-state index contributed by atoms with van der Waals surface area (Å²) in [5.41, 5.74) is -0.919. The lowest BCUT2D eigenvalue weighted by atomic mass is 10.2. The van der Waals surface area contributed by atoms with Crippen molar-refractivity contribution in [3.8, 4) is 0 Å². The van der Waals surface area contributed by atoms with Crippen LogP contribution in [0, 0.1) is 0 Å². The van der Waals surface area contributed by atoms with Crippen molar-refractivity contribution in [1.82, 2.24) is 0 Å². The van der Waals surface area contributed by atoms with Gasteiger partial charge in [0.05, 0.1) is 22.9 Å². The Hall–Kier alpha value is -1.15. The minimum Gasteiger partial charge on any atom is -0.382 e. The molecule has 0 atom stereocenters. The molecule has 0 amide bonds. The largest absolute Gasteiger partial charge is 0.416 e. The van der Waals surface area contributed by atoms with Gasteiger partial charge in [0.1, 0.15) is 6.61 Å². The van der Waals surface area contributed by atoms with Crippen LogP contribution in [0.4, 0.5) is 32.0 Å². The number of alkyl halides is 6. The van der Waals surface area contributed by atoms with Crippen LogP contribution < -0.4 is 5.32 Å². The number of halogens is 7. The number of hydrogen-bond donors (Lipinski definition) is 1. The lowest BCUT2D eigenvalue weighted by Crippen LogP contribution is -2.20. The quantitative estimate of drug-likeness (QED) is 0.643. The number of nitrogens with one attached hydrogen (secondary N) is 1. The predicted octanol–water partition coefficient (Wildman–Crippen LogP) is 4.35. The van der Waals surface area contributed by atoms with Crippen LogP contribution in [0.5, 0.6) is 0 Å². The SMILES string of the molecule is FC(F)(F)COCCNc1cc(C(F)(F)F)ccc1Cl. The predicted molar refractivity (Wildman–Crippen MR) is 61.8 cm³/mol. The monoisotopic (exact) mass is 321 g/mol. The summed E-state index contributed by atoms with van der Waals surface area (Å²) in [6, 6.07) is 2.66. The third-order valence-corrected chi connectivity index (χ3v) is 2.45. The van der Waals surface area contributed by atoms with Gasteiger partial charge in [-0.15, -0.1) is 0 Å². The second-order valence-electron chi connectivity index (χ2n) is 3.79. The molecule has 0 heterocycles. The Bertz CT molecular complexity index is 446. The number of hydrogen-bond acceptors (Lipinski definition) is 2. The van der Waals surface area contributed by atoms with E-state index in [0.29, 0.717) is 0 Å². The molecule has 0 unspecified atom stereocenters. The Morgan fingerprint density at radius 2 is 1.75 bits per heavy atom. The van der Waals surface area contributed by atoms with Crippen LogP contribution in [-0.4, -0.2) is 25.9 Å². The molecule has 0 aromatic heterocycles. The molecule has 2 nitrogen and oxygen atoms in total. The summed E-state index contributed by atoms with van der Waals surface area (Å²) in [5, 5.41) is 2.52. The molecule has 0 aliphatic heterocycles. The van der Waals surface area contributed by atoms with E-state index >= 15 is 0 Å². The molecule has 1 rings (SSSR count). The van der Waals surface area contributed by atoms with E-state index in [4.69, 9.17) is 11.6 Å². The van der Waals surface area contributed by atoms with Gasteiger partial charge in [-0.2, -0.15) is 26.3 Å². The number of benzene rings is 1. The molecule has 0 saturated carbocycles. The zero-order valence-electron chi connectivity index (χ0n) is 9.91. The maximum absolute atomic E-state index is 12.5. The van der Waals surface area contributed by atoms with Crippen LogP contribution in [0.3, 0.4) is 0 Å². The summed E-state index contributed by atoms with van der Waals surface area (Å²) in [6.07, 6.45) is -8.96. The van der Waals surface area contributed by atoms with Crippen LogP contribution in [0.25, 0.3) is 0 Å². The van der Waals surface area contributed by atoms with Crippen molar-refractivity contribution in [1.29, 1.82) is 0 Å². The Morgan fingerprint density at radius 1 is 1.10 bits per heavy atom. The molecule has 1 aromatic rings. The molecule has 1 aromatic carbocycles. The van der Waals surface area contributed by atoms with E-state index in [0.717, 1.165) is 18.2 Å². The fourth-order valence-corrected chi connectivity index (χ4v) is 1.47. The highest BCUT2D eigenvalue weighted by Crippen LogP contribution is 2.33. The van der Waals surface area contributed by atoms with Gasteiger partial charge in [-0.05, 0) is 18.2 Å². The minimum atomic E-state index is -4.52. The van der Waals surface area contributed by atoms with Crippen LogP contribution in [-0.2, 0) is 10.9 Å². The van der Waals surface area contributed by atoms with Gasteiger partial charge < -0.3 is 10.1 Å². The number of anilines is 1. The van der Waals surface area contributed by atoms with Crippen LogP contribution in [0.2, 0.25) is 5.02 Å². The van der Waals surface area contributed by atoms with Gasteiger partial charge >= 0.3 is 12.4 Å². The van der Waals surface area contributed by atoms with E-state index < -0.39 is 24.5 Å². The summed E-state index contributed by atoms with van der Waals surface area (Å²) in [7, 11) is 0. The molecule has 20 heavy (non-hydrogen) atoms. The van der Waals surface area contributed by atoms with Crippen molar-refractivity contribution in [2.45, 2.75) is 12.4 Å². The van der Waals surface area contributed by atoms with Gasteiger partial charge in [0, 0.05) is 6.54 Å². The highest BCUT2D eigenvalue weighted by molar-refractivity contribution is 6.33. The summed E-state index contributed by atoms with van der Waals surface area (Å²) in [6.45, 7) is -1.83. The summed E-state index contributed by atoms with van der Waals surface area (Å²) >= 11 is 5.68. The van der Waals surface area contributed by atoms with Crippen molar-refractivity contribution in [3.63, 3.8) is 0 Å². The van der Waals surface area contributed by atoms with Gasteiger partial charge in [-0.1, -0.05) is 11.6 Å². The maximum atomic E-state index is 12.5. The van der Waals surface area contributed by atoms with Gasteiger partial charge in [0.25, 0.3) is 0 Å². The van der Waals surface area contributed by atoms with Gasteiger partial charge in [-0.25, -0.2) is 0 Å². The summed E-state index contributed by atoms with van der Waals surface area (Å²) < 4.78 is 77.0. The molecular weight excluding hydrogens is 312 g/mol. The third-order valence-electron chi connectivity index (χ3n) is 2.12. The molecule has 0 fully saturated rings. The molecule has 0 radical (unpaired) electrons. The van der Waals surface area contributed by atoms with E-state index in [9.17, 15) is 26.3 Å². The Labute approximate surface area is 115 Å². The van der Waals surface area contributed by atoms with E-state index in [1.165, 1.54) is 0 Å². The Morgan fingerprint density at radius 3 is 2.30 bits per heavy atom. The zero-order valence-corrected chi connectivity index (χ0v) is 10.7. The first-order valence-corrected chi connectivity index (χ1v) is 5.72. The van der Waals surface area contributed by atoms with Crippen molar-refractivity contribution >= 4 is 17.3 Å². The average Bonchev–Trinajstić information content (AvgIpc) is 2.28. The van der Waals surface area contributed by atoms with Crippen molar-refractivity contribution in [2.24, 2.45) is 0 Å². The Kier molecular flexibility index (Phi) is 5.52. The lowest BCUT2D eigenvalue weighted by molar-refractivity contribution is -0.172. The number of rotatable bonds is 5. The molecule has 9 heteroatoms. The lowest BCUT2D eigenvalue weighted by Gasteiger charge is -2.13. The molecule has 114 valence electrons. The molecule has 0 spiro atoms. The van der Waals surface area contributed by atoms with E-state index in [2.05, 4.69) is 10.1 Å². The molecular formula is C11H10ClF6NO. The van der Waals surface area contributed by atoms with Crippen molar-refractivity contribution in [2.75, 3.05) is 25.1 Å². The van der Waals surface area contributed by atoms with Crippen LogP contribution >= 0.6 is 11.6 Å². The third kappa shape index (κ3) is 5.87. The van der Waals surface area contributed by atoms with Crippen LogP contribution in [0.15, 0.2) is 18.2 Å². The Balaban J connectivity index is 2.52. The second-order valence-corrected chi connectivity index (χ2v) is 4.19. The fraction of sp³-hybridized carbons (Fsp3) is 0.455. The molecule has 0 aliphatic rings. The van der Waals surface area contributed by atoms with E-state index in [1.54, 1.807) is 0 Å². The molecule has 1 N–H and O–H groups in total. The van der Waals surface area contributed by atoms with E-state index in [1.807, 2.05) is 0 Å². The van der Waals surface area contributed by atoms with Crippen molar-refractivity contribution in [3.05, 3.63) is 28.8 Å². The highest BCUT2D eigenvalue weighted by atomic mass is 35.5.